The summed E-state index contributed by atoms with van der Waals surface area (Å²) < 4.78 is 4.56. The highest BCUT2D eigenvalue weighted by Crippen LogP contribution is 2.21. The Labute approximate surface area is 134 Å². The number of thiazole rings is 1. The number of nitrogens with one attached hydrogen (secondary N) is 1. The van der Waals surface area contributed by atoms with Gasteiger partial charge in [-0.05, 0) is 12.5 Å². The molecule has 1 N–H and O–H groups in total. The van der Waals surface area contributed by atoms with Gasteiger partial charge in [0, 0.05) is 22.1 Å². The number of nitrogens with zero attached hydrogens (tertiary/aromatic N) is 1. The van der Waals surface area contributed by atoms with Gasteiger partial charge in [0.2, 0.25) is 5.91 Å². The Hall–Kier alpha value is -1.44. The van der Waals surface area contributed by atoms with E-state index in [1.165, 1.54) is 29.8 Å². The van der Waals surface area contributed by atoms with Crippen LogP contribution in [0.25, 0.3) is 0 Å². The lowest BCUT2D eigenvalue weighted by atomic mass is 10.2. The molecular formula is C13H13ClN2O3S2. The molecule has 0 saturated carbocycles. The summed E-state index contributed by atoms with van der Waals surface area (Å²) in [6, 6.07) is 1.86. The fraction of sp³-hybridized carbons (Fsp3) is 0.308. The van der Waals surface area contributed by atoms with Crippen molar-refractivity contribution in [3.8, 4) is 0 Å². The van der Waals surface area contributed by atoms with Gasteiger partial charge in [-0.1, -0.05) is 11.6 Å². The van der Waals surface area contributed by atoms with Crippen molar-refractivity contribution in [2.24, 2.45) is 0 Å². The van der Waals surface area contributed by atoms with Crippen molar-refractivity contribution in [1.82, 2.24) is 4.98 Å². The smallest absolute Gasteiger partial charge is 0.311 e. The van der Waals surface area contributed by atoms with E-state index in [0.717, 1.165) is 4.88 Å². The molecule has 0 aliphatic heterocycles. The molecule has 0 spiro atoms. The van der Waals surface area contributed by atoms with Crippen LogP contribution in [0.3, 0.4) is 0 Å². The van der Waals surface area contributed by atoms with Crippen LogP contribution in [0, 0.1) is 0 Å². The van der Waals surface area contributed by atoms with E-state index in [2.05, 4.69) is 15.0 Å². The summed E-state index contributed by atoms with van der Waals surface area (Å²) in [6.45, 7) is 0. The molecule has 0 aliphatic rings. The van der Waals surface area contributed by atoms with Crippen molar-refractivity contribution in [3.63, 3.8) is 0 Å². The number of aromatic nitrogens is 1. The number of amides is 1. The van der Waals surface area contributed by atoms with Crippen LogP contribution in [0.15, 0.2) is 16.8 Å². The third-order valence-corrected chi connectivity index (χ3v) is 4.72. The molecule has 2 rings (SSSR count). The number of carbonyl (C=O) groups excluding carboxylic acids is 2. The number of esters is 1. The summed E-state index contributed by atoms with van der Waals surface area (Å²) in [7, 11) is 1.33. The molecule has 0 aromatic carbocycles. The highest BCUT2D eigenvalue weighted by atomic mass is 35.5. The molecule has 112 valence electrons. The van der Waals surface area contributed by atoms with E-state index >= 15 is 0 Å². The van der Waals surface area contributed by atoms with Gasteiger partial charge in [0.1, 0.15) is 0 Å². The average Bonchev–Trinajstić information content (AvgIpc) is 3.05. The summed E-state index contributed by atoms with van der Waals surface area (Å²) in [5.74, 6) is -0.466. The Morgan fingerprint density at radius 3 is 2.86 bits per heavy atom. The van der Waals surface area contributed by atoms with Crippen LogP contribution >= 0.6 is 34.3 Å². The fourth-order valence-electron chi connectivity index (χ4n) is 1.57. The highest BCUT2D eigenvalue weighted by Gasteiger charge is 2.10. The first-order valence-corrected chi connectivity index (χ1v) is 8.24. The summed E-state index contributed by atoms with van der Waals surface area (Å²) in [6.07, 6.45) is 1.11. The second-order valence-electron chi connectivity index (χ2n) is 4.18. The molecule has 0 radical (unpaired) electrons. The van der Waals surface area contributed by atoms with E-state index in [9.17, 15) is 9.59 Å². The standard InChI is InChI=1S/C13H13ClN2O3S2/c1-19-12(18)5-9-7-21-13(15-9)16-11(17)3-2-10-4-8(14)6-20-10/h4,6-7H,2-3,5H2,1H3,(H,15,16,17). The van der Waals surface area contributed by atoms with E-state index in [0.29, 0.717) is 28.7 Å². The third kappa shape index (κ3) is 5.11. The Balaban J connectivity index is 1.81. The quantitative estimate of drug-likeness (QED) is 0.817. The molecule has 0 unspecified atom stereocenters. The zero-order chi connectivity index (χ0) is 15.2. The SMILES string of the molecule is COC(=O)Cc1csc(NC(=O)CCc2cc(Cl)cs2)n1. The van der Waals surface area contributed by atoms with Gasteiger partial charge in [-0.3, -0.25) is 9.59 Å². The predicted octanol–water partition coefficient (Wildman–Crippen LogP) is 3.14. The van der Waals surface area contributed by atoms with Crippen molar-refractivity contribution in [2.75, 3.05) is 12.4 Å². The van der Waals surface area contributed by atoms with Gasteiger partial charge in [-0.2, -0.15) is 0 Å². The molecule has 0 bridgehead atoms. The first-order valence-electron chi connectivity index (χ1n) is 6.11. The Kier molecular flexibility index (Phi) is 5.72. The molecule has 0 saturated heterocycles. The van der Waals surface area contributed by atoms with Crippen molar-refractivity contribution >= 4 is 51.3 Å². The molecule has 2 heterocycles. The first-order chi connectivity index (χ1) is 10.1. The zero-order valence-corrected chi connectivity index (χ0v) is 13.6. The van der Waals surface area contributed by atoms with Crippen LogP contribution in [0.1, 0.15) is 17.0 Å². The minimum absolute atomic E-state index is 0.108. The van der Waals surface area contributed by atoms with E-state index < -0.39 is 0 Å². The van der Waals surface area contributed by atoms with Gasteiger partial charge in [0.15, 0.2) is 5.13 Å². The Bertz CT molecular complexity index is 639. The first kappa shape index (κ1) is 15.9. The maximum absolute atomic E-state index is 11.8. The van der Waals surface area contributed by atoms with Crippen LogP contribution in [0.5, 0.6) is 0 Å². The number of thiophene rings is 1. The predicted molar refractivity (Wildman–Crippen MR) is 84.1 cm³/mol. The molecule has 5 nitrogen and oxygen atoms in total. The van der Waals surface area contributed by atoms with Crippen molar-refractivity contribution in [2.45, 2.75) is 19.3 Å². The van der Waals surface area contributed by atoms with E-state index in [4.69, 9.17) is 11.6 Å². The monoisotopic (exact) mass is 344 g/mol. The van der Waals surface area contributed by atoms with Gasteiger partial charge in [-0.15, -0.1) is 22.7 Å². The van der Waals surface area contributed by atoms with Gasteiger partial charge in [0.05, 0.1) is 24.2 Å². The number of hydrogen-bond acceptors (Lipinski definition) is 6. The lowest BCUT2D eigenvalue weighted by Crippen LogP contribution is -2.12. The minimum Gasteiger partial charge on any atom is -0.469 e. The number of hydrogen-bond donors (Lipinski definition) is 1. The molecule has 2 aromatic heterocycles. The normalized spacial score (nSPS) is 10.4. The largest absolute Gasteiger partial charge is 0.469 e. The van der Waals surface area contributed by atoms with E-state index in [1.807, 2.05) is 11.4 Å². The molecule has 0 aliphatic carbocycles. The van der Waals surface area contributed by atoms with Gasteiger partial charge >= 0.3 is 5.97 Å². The second-order valence-corrected chi connectivity index (χ2v) is 6.47. The van der Waals surface area contributed by atoms with Crippen LogP contribution in [0.4, 0.5) is 5.13 Å². The molecule has 8 heteroatoms. The minimum atomic E-state index is -0.354. The van der Waals surface area contributed by atoms with Crippen LogP contribution in [-0.4, -0.2) is 24.0 Å². The summed E-state index contributed by atoms with van der Waals surface area (Å²) in [5.41, 5.74) is 0.590. The van der Waals surface area contributed by atoms with Gasteiger partial charge in [0.25, 0.3) is 0 Å². The van der Waals surface area contributed by atoms with Gasteiger partial charge < -0.3 is 10.1 Å². The number of anilines is 1. The number of rotatable bonds is 6. The summed E-state index contributed by atoms with van der Waals surface area (Å²) >= 11 is 8.65. The van der Waals surface area contributed by atoms with Crippen LogP contribution in [0.2, 0.25) is 5.02 Å². The van der Waals surface area contributed by atoms with E-state index in [1.54, 1.807) is 5.38 Å². The van der Waals surface area contributed by atoms with E-state index in [-0.39, 0.29) is 18.3 Å². The molecule has 0 fully saturated rings. The zero-order valence-electron chi connectivity index (χ0n) is 11.2. The van der Waals surface area contributed by atoms with Crippen LogP contribution in [-0.2, 0) is 27.2 Å². The van der Waals surface area contributed by atoms with Crippen LogP contribution < -0.4 is 5.32 Å². The number of aryl methyl sites for hydroxylation is 1. The average molecular weight is 345 g/mol. The number of ether oxygens (including phenoxy) is 1. The Morgan fingerprint density at radius 2 is 2.19 bits per heavy atom. The lowest BCUT2D eigenvalue weighted by Gasteiger charge is -2.00. The summed E-state index contributed by atoms with van der Waals surface area (Å²) in [5, 5.41) is 7.47. The number of carbonyl (C=O) groups is 2. The summed E-state index contributed by atoms with van der Waals surface area (Å²) in [4.78, 5) is 28.2. The van der Waals surface area contributed by atoms with Crippen molar-refractivity contribution in [1.29, 1.82) is 0 Å². The third-order valence-electron chi connectivity index (χ3n) is 2.57. The van der Waals surface area contributed by atoms with Gasteiger partial charge in [-0.25, -0.2) is 4.98 Å². The molecule has 0 atom stereocenters. The maximum atomic E-state index is 11.8. The fourth-order valence-corrected chi connectivity index (χ4v) is 3.37. The number of methoxy groups -OCH3 is 1. The van der Waals surface area contributed by atoms with Crippen molar-refractivity contribution in [3.05, 3.63) is 32.4 Å². The molecule has 1 amide bonds. The second kappa shape index (κ2) is 7.53. The Morgan fingerprint density at radius 1 is 1.38 bits per heavy atom. The molecule has 21 heavy (non-hydrogen) atoms. The molecular weight excluding hydrogens is 332 g/mol. The molecule has 2 aromatic rings. The highest BCUT2D eigenvalue weighted by molar-refractivity contribution is 7.14. The van der Waals surface area contributed by atoms with Crippen molar-refractivity contribution < 1.29 is 14.3 Å². The topological polar surface area (TPSA) is 68.3 Å². The number of halogens is 1. The maximum Gasteiger partial charge on any atom is 0.311 e. The lowest BCUT2D eigenvalue weighted by molar-refractivity contribution is -0.139.